The number of pyridine rings is 1. The van der Waals surface area contributed by atoms with Crippen molar-refractivity contribution in [2.75, 3.05) is 32.7 Å². The largest absolute Gasteiger partial charge is 0.372 e. The summed E-state index contributed by atoms with van der Waals surface area (Å²) in [4.78, 5) is 21.3. The average molecular weight is 399 g/mol. The molecule has 1 atom stereocenters. The van der Waals surface area contributed by atoms with Gasteiger partial charge in [0.25, 0.3) is 5.91 Å². The highest BCUT2D eigenvalue weighted by molar-refractivity contribution is 5.92. The highest BCUT2D eigenvalue weighted by Crippen LogP contribution is 2.17. The molecule has 2 aliphatic heterocycles. The van der Waals surface area contributed by atoms with E-state index in [1.807, 2.05) is 23.2 Å². The summed E-state index contributed by atoms with van der Waals surface area (Å²) in [6.07, 6.45) is 11.2. The lowest BCUT2D eigenvalue weighted by Gasteiger charge is -2.32. The molecule has 0 spiro atoms. The lowest BCUT2D eigenvalue weighted by atomic mass is 10.1. The quantitative estimate of drug-likeness (QED) is 0.710. The van der Waals surface area contributed by atoms with Crippen molar-refractivity contribution in [3.63, 3.8) is 0 Å². The number of hydrogen-bond donors (Lipinski definition) is 0. The van der Waals surface area contributed by atoms with Gasteiger partial charge in [-0.15, -0.1) is 5.10 Å². The summed E-state index contributed by atoms with van der Waals surface area (Å²) >= 11 is 0. The second kappa shape index (κ2) is 9.93. The summed E-state index contributed by atoms with van der Waals surface area (Å²) in [5.41, 5.74) is 1.48. The zero-order valence-electron chi connectivity index (χ0n) is 16.9. The van der Waals surface area contributed by atoms with Gasteiger partial charge in [-0.2, -0.15) is 0 Å². The van der Waals surface area contributed by atoms with Crippen molar-refractivity contribution in [3.05, 3.63) is 42.0 Å². The molecule has 0 aliphatic carbocycles. The molecule has 0 N–H and O–H groups in total. The molecule has 2 fully saturated rings. The zero-order chi connectivity index (χ0) is 19.9. The molecule has 0 radical (unpaired) electrons. The van der Waals surface area contributed by atoms with Crippen LogP contribution in [0, 0.1) is 0 Å². The normalized spacial score (nSPS) is 20.7. The third kappa shape index (κ3) is 5.61. The van der Waals surface area contributed by atoms with Gasteiger partial charge in [0.1, 0.15) is 0 Å². The second-order valence-corrected chi connectivity index (χ2v) is 7.96. The Bertz CT molecular complexity index is 774. The Morgan fingerprint density at radius 3 is 2.86 bits per heavy atom. The minimum absolute atomic E-state index is 0.0436. The molecule has 29 heavy (non-hydrogen) atoms. The number of likely N-dealkylation sites (tertiary alicyclic amines) is 2. The fraction of sp³-hybridized carbons (Fsp3) is 0.619. The first-order valence-electron chi connectivity index (χ1n) is 10.7. The Morgan fingerprint density at radius 2 is 2.03 bits per heavy atom. The van der Waals surface area contributed by atoms with Gasteiger partial charge >= 0.3 is 0 Å². The van der Waals surface area contributed by atoms with Crippen molar-refractivity contribution in [1.29, 1.82) is 0 Å². The van der Waals surface area contributed by atoms with Gasteiger partial charge in [0.15, 0.2) is 5.69 Å². The Kier molecular flexibility index (Phi) is 6.84. The number of rotatable bonds is 7. The summed E-state index contributed by atoms with van der Waals surface area (Å²) in [7, 11) is 0. The molecule has 1 amide bonds. The molecule has 2 aromatic heterocycles. The minimum atomic E-state index is -0.0519. The highest BCUT2D eigenvalue weighted by Gasteiger charge is 2.26. The van der Waals surface area contributed by atoms with Gasteiger partial charge in [0.2, 0.25) is 0 Å². The Balaban J connectivity index is 1.26. The molecule has 2 aromatic rings. The van der Waals surface area contributed by atoms with Crippen molar-refractivity contribution in [2.45, 2.75) is 51.4 Å². The van der Waals surface area contributed by atoms with E-state index in [0.717, 1.165) is 51.1 Å². The van der Waals surface area contributed by atoms with Crippen LogP contribution in [-0.2, 0) is 17.9 Å². The Hall–Kier alpha value is -2.32. The lowest BCUT2D eigenvalue weighted by Crippen LogP contribution is -2.43. The van der Waals surface area contributed by atoms with Gasteiger partial charge in [0.05, 0.1) is 25.5 Å². The van der Waals surface area contributed by atoms with Gasteiger partial charge in [-0.1, -0.05) is 17.7 Å². The van der Waals surface area contributed by atoms with Crippen molar-refractivity contribution >= 4 is 5.91 Å². The first kappa shape index (κ1) is 20.0. The standard InChI is InChI=1S/C21H30N6O2/c28-21(20-16-27(24-23-20)13-12-25-9-2-1-3-10-25)26-11-5-7-19(15-26)29-17-18-6-4-8-22-14-18/h4,6,8,14,16,19H,1-3,5,7,9-13,15,17H2. The third-order valence-electron chi connectivity index (χ3n) is 5.73. The van der Waals surface area contributed by atoms with Crippen LogP contribution in [0.2, 0.25) is 0 Å². The van der Waals surface area contributed by atoms with Crippen LogP contribution < -0.4 is 0 Å². The summed E-state index contributed by atoms with van der Waals surface area (Å²) in [6.45, 7) is 5.92. The molecular weight excluding hydrogens is 368 g/mol. The Labute approximate surface area is 171 Å². The van der Waals surface area contributed by atoms with Gasteiger partial charge in [-0.05, 0) is 50.4 Å². The van der Waals surface area contributed by atoms with Crippen LogP contribution in [0.15, 0.2) is 30.7 Å². The van der Waals surface area contributed by atoms with Gasteiger partial charge < -0.3 is 14.5 Å². The van der Waals surface area contributed by atoms with Crippen molar-refractivity contribution < 1.29 is 9.53 Å². The topological polar surface area (TPSA) is 76.4 Å². The van der Waals surface area contributed by atoms with Crippen LogP contribution in [-0.4, -0.2) is 74.5 Å². The van der Waals surface area contributed by atoms with E-state index in [0.29, 0.717) is 18.8 Å². The van der Waals surface area contributed by atoms with E-state index in [9.17, 15) is 4.79 Å². The van der Waals surface area contributed by atoms with E-state index in [4.69, 9.17) is 4.74 Å². The molecule has 156 valence electrons. The number of piperidine rings is 2. The number of hydrogen-bond acceptors (Lipinski definition) is 6. The highest BCUT2D eigenvalue weighted by atomic mass is 16.5. The monoisotopic (exact) mass is 398 g/mol. The minimum Gasteiger partial charge on any atom is -0.372 e. The van der Waals surface area contributed by atoms with E-state index in [1.54, 1.807) is 17.1 Å². The molecule has 0 saturated carbocycles. The average Bonchev–Trinajstić information content (AvgIpc) is 3.26. The number of ether oxygens (including phenoxy) is 1. The summed E-state index contributed by atoms with van der Waals surface area (Å²) in [5.74, 6) is -0.0519. The van der Waals surface area contributed by atoms with Crippen molar-refractivity contribution in [1.82, 2.24) is 29.8 Å². The first-order chi connectivity index (χ1) is 14.3. The fourth-order valence-corrected chi connectivity index (χ4v) is 4.05. The molecule has 2 aliphatic rings. The number of amides is 1. The van der Waals surface area contributed by atoms with Crippen molar-refractivity contribution in [2.24, 2.45) is 0 Å². The van der Waals surface area contributed by atoms with Crippen LogP contribution in [0.25, 0.3) is 0 Å². The van der Waals surface area contributed by atoms with E-state index in [2.05, 4.69) is 20.2 Å². The Morgan fingerprint density at radius 1 is 1.14 bits per heavy atom. The first-order valence-corrected chi connectivity index (χ1v) is 10.7. The fourth-order valence-electron chi connectivity index (χ4n) is 4.05. The van der Waals surface area contributed by atoms with Crippen LogP contribution in [0.5, 0.6) is 0 Å². The number of nitrogens with zero attached hydrogens (tertiary/aromatic N) is 6. The maximum atomic E-state index is 12.9. The molecule has 4 heterocycles. The molecule has 4 rings (SSSR count). The molecule has 0 bridgehead atoms. The molecular formula is C21H30N6O2. The maximum absolute atomic E-state index is 12.9. The van der Waals surface area contributed by atoms with Crippen LogP contribution in [0.4, 0.5) is 0 Å². The summed E-state index contributed by atoms with van der Waals surface area (Å²) in [5, 5.41) is 8.29. The van der Waals surface area contributed by atoms with E-state index in [-0.39, 0.29) is 12.0 Å². The lowest BCUT2D eigenvalue weighted by molar-refractivity contribution is -0.00697. The van der Waals surface area contributed by atoms with Gasteiger partial charge in [0, 0.05) is 32.0 Å². The summed E-state index contributed by atoms with van der Waals surface area (Å²) in [6, 6.07) is 3.91. The van der Waals surface area contributed by atoms with Crippen LogP contribution in [0.1, 0.15) is 48.2 Å². The molecule has 8 nitrogen and oxygen atoms in total. The maximum Gasteiger partial charge on any atom is 0.276 e. The number of carbonyl (C=O) groups excluding carboxylic acids is 1. The second-order valence-electron chi connectivity index (χ2n) is 7.96. The van der Waals surface area contributed by atoms with Gasteiger partial charge in [-0.3, -0.25) is 14.5 Å². The van der Waals surface area contributed by atoms with Crippen molar-refractivity contribution in [3.8, 4) is 0 Å². The summed E-state index contributed by atoms with van der Waals surface area (Å²) < 4.78 is 7.81. The molecule has 1 unspecified atom stereocenters. The zero-order valence-corrected chi connectivity index (χ0v) is 16.9. The number of aromatic nitrogens is 4. The van der Waals surface area contributed by atoms with Crippen LogP contribution >= 0.6 is 0 Å². The predicted molar refractivity (Wildman–Crippen MR) is 108 cm³/mol. The van der Waals surface area contributed by atoms with Gasteiger partial charge in [-0.25, -0.2) is 0 Å². The van der Waals surface area contributed by atoms with E-state index < -0.39 is 0 Å². The molecule has 8 heteroatoms. The molecule has 0 aromatic carbocycles. The molecule has 2 saturated heterocycles. The van der Waals surface area contributed by atoms with E-state index >= 15 is 0 Å². The van der Waals surface area contributed by atoms with Crippen LogP contribution in [0.3, 0.4) is 0 Å². The predicted octanol–water partition coefficient (Wildman–Crippen LogP) is 1.98. The van der Waals surface area contributed by atoms with E-state index in [1.165, 1.54) is 19.3 Å². The smallest absolute Gasteiger partial charge is 0.276 e. The SMILES string of the molecule is O=C(c1cn(CCN2CCCCC2)nn1)N1CCCC(OCc2cccnc2)C1. The number of carbonyl (C=O) groups is 1. The third-order valence-corrected chi connectivity index (χ3v) is 5.73.